The summed E-state index contributed by atoms with van der Waals surface area (Å²) in [7, 11) is -7.96. The van der Waals surface area contributed by atoms with Crippen LogP contribution in [0.25, 0.3) is 17.2 Å². The molecule has 1 aromatic heterocycles. The highest BCUT2D eigenvalue weighted by molar-refractivity contribution is 7.92. The first-order valence-electron chi connectivity index (χ1n) is 11.0. The summed E-state index contributed by atoms with van der Waals surface area (Å²) in [4.78, 5) is 12.0. The highest BCUT2D eigenvalue weighted by Gasteiger charge is 2.23. The van der Waals surface area contributed by atoms with E-state index in [0.717, 1.165) is 15.8 Å². The standard InChI is InChI=1S/C26H24N4O5S2/c1-36(32,33)29-24-13-12-21(20-7-3-2-4-8-20)17-25(24)37(34,35)30-16-15-19(18-30)11-14-26(31)28-23-10-6-5-9-22(23)27/h2-18,29H,27H2,1H3,(H,28,31)/b14-11+. The lowest BCUT2D eigenvalue weighted by molar-refractivity contribution is -0.111. The van der Waals surface area contributed by atoms with E-state index in [2.05, 4.69) is 10.0 Å². The lowest BCUT2D eigenvalue weighted by atomic mass is 10.1. The fourth-order valence-corrected chi connectivity index (χ4v) is 5.56. The van der Waals surface area contributed by atoms with Crippen molar-refractivity contribution in [1.82, 2.24) is 3.97 Å². The van der Waals surface area contributed by atoms with E-state index in [1.165, 1.54) is 42.7 Å². The van der Waals surface area contributed by atoms with Gasteiger partial charge in [-0.15, -0.1) is 0 Å². The fourth-order valence-electron chi connectivity index (χ4n) is 3.54. The summed E-state index contributed by atoms with van der Waals surface area (Å²) >= 11 is 0. The van der Waals surface area contributed by atoms with E-state index < -0.39 is 26.0 Å². The van der Waals surface area contributed by atoms with Gasteiger partial charge in [0.15, 0.2) is 0 Å². The molecule has 0 saturated heterocycles. The van der Waals surface area contributed by atoms with E-state index in [1.54, 1.807) is 30.3 Å². The molecule has 0 saturated carbocycles. The number of benzene rings is 3. The topological polar surface area (TPSA) is 140 Å². The summed E-state index contributed by atoms with van der Waals surface area (Å²) in [5, 5.41) is 2.65. The minimum atomic E-state index is -4.21. The summed E-state index contributed by atoms with van der Waals surface area (Å²) in [6.45, 7) is 0. The Bertz CT molecular complexity index is 1690. The van der Waals surface area contributed by atoms with Crippen LogP contribution in [0.3, 0.4) is 0 Å². The number of carbonyl (C=O) groups excluding carboxylic acids is 1. The maximum Gasteiger partial charge on any atom is 0.269 e. The zero-order valence-electron chi connectivity index (χ0n) is 19.7. The second kappa shape index (κ2) is 10.3. The lowest BCUT2D eigenvalue weighted by Crippen LogP contribution is -2.17. The second-order valence-corrected chi connectivity index (χ2v) is 11.7. The van der Waals surface area contributed by atoms with E-state index in [4.69, 9.17) is 5.73 Å². The fraction of sp³-hybridized carbons (Fsp3) is 0.0385. The SMILES string of the molecule is CS(=O)(=O)Nc1ccc(-c2ccccc2)cc1S(=O)(=O)n1ccc(/C=C/C(=O)Nc2ccccc2N)c1. The second-order valence-electron chi connectivity index (χ2n) is 8.14. The molecule has 0 radical (unpaired) electrons. The van der Waals surface area contributed by atoms with E-state index >= 15 is 0 Å². The Morgan fingerprint density at radius 3 is 2.27 bits per heavy atom. The molecule has 1 amide bonds. The lowest BCUT2D eigenvalue weighted by Gasteiger charge is -2.14. The Balaban J connectivity index is 1.65. The first-order chi connectivity index (χ1) is 17.5. The van der Waals surface area contributed by atoms with Gasteiger partial charge in [-0.1, -0.05) is 48.5 Å². The van der Waals surface area contributed by atoms with Crippen LogP contribution >= 0.6 is 0 Å². The van der Waals surface area contributed by atoms with Crippen molar-refractivity contribution in [2.75, 3.05) is 22.0 Å². The van der Waals surface area contributed by atoms with E-state index in [9.17, 15) is 21.6 Å². The monoisotopic (exact) mass is 536 g/mol. The largest absolute Gasteiger partial charge is 0.397 e. The summed E-state index contributed by atoms with van der Waals surface area (Å²) in [5.74, 6) is -0.441. The quantitative estimate of drug-likeness (QED) is 0.230. The highest BCUT2D eigenvalue weighted by atomic mass is 32.2. The molecule has 0 fully saturated rings. The third-order valence-electron chi connectivity index (χ3n) is 5.28. The van der Waals surface area contributed by atoms with E-state index in [-0.39, 0.29) is 10.6 Å². The normalized spacial score (nSPS) is 11.9. The van der Waals surface area contributed by atoms with Crippen molar-refractivity contribution in [3.8, 4) is 11.1 Å². The van der Waals surface area contributed by atoms with Gasteiger partial charge in [0.2, 0.25) is 15.9 Å². The number of nitrogen functional groups attached to an aromatic ring is 1. The molecule has 4 rings (SSSR count). The van der Waals surface area contributed by atoms with Gasteiger partial charge in [-0.05, 0) is 53.1 Å². The third kappa shape index (κ3) is 6.26. The van der Waals surface area contributed by atoms with Crippen LogP contribution in [0.1, 0.15) is 5.56 Å². The Hall–Kier alpha value is -4.35. The molecule has 0 unspecified atom stereocenters. The van der Waals surface area contributed by atoms with Crippen LogP contribution in [0.4, 0.5) is 17.1 Å². The van der Waals surface area contributed by atoms with Gasteiger partial charge < -0.3 is 11.1 Å². The summed E-state index contributed by atoms with van der Waals surface area (Å²) in [5.41, 5.74) is 8.44. The van der Waals surface area contributed by atoms with Crippen molar-refractivity contribution in [3.63, 3.8) is 0 Å². The first kappa shape index (κ1) is 25.7. The highest BCUT2D eigenvalue weighted by Crippen LogP contribution is 2.31. The van der Waals surface area contributed by atoms with Crippen molar-refractivity contribution >= 4 is 49.1 Å². The Kier molecular flexibility index (Phi) is 7.18. The molecular formula is C26H24N4O5S2. The van der Waals surface area contributed by atoms with Gasteiger partial charge in [0.1, 0.15) is 4.90 Å². The molecule has 0 aliphatic rings. The number of hydrogen-bond acceptors (Lipinski definition) is 6. The molecule has 190 valence electrons. The molecule has 4 N–H and O–H groups in total. The number of sulfonamides is 1. The number of nitrogens with one attached hydrogen (secondary N) is 2. The van der Waals surface area contributed by atoms with Gasteiger partial charge in [-0.25, -0.2) is 20.8 Å². The van der Waals surface area contributed by atoms with Gasteiger partial charge in [-0.3, -0.25) is 9.52 Å². The number of carbonyl (C=O) groups is 1. The summed E-state index contributed by atoms with van der Waals surface area (Å²) in [6, 6.07) is 21.9. The number of nitrogens with zero attached hydrogens (tertiary/aromatic N) is 1. The molecule has 0 aliphatic heterocycles. The van der Waals surface area contributed by atoms with Crippen molar-refractivity contribution < 1.29 is 21.6 Å². The summed E-state index contributed by atoms with van der Waals surface area (Å²) < 4.78 is 54.2. The van der Waals surface area contributed by atoms with Crippen LogP contribution in [0.2, 0.25) is 0 Å². The number of para-hydroxylation sites is 2. The van der Waals surface area contributed by atoms with Crippen LogP contribution < -0.4 is 15.8 Å². The van der Waals surface area contributed by atoms with Crippen LogP contribution in [0.15, 0.2) is 102 Å². The van der Waals surface area contributed by atoms with Gasteiger partial charge in [-0.2, -0.15) is 0 Å². The smallest absolute Gasteiger partial charge is 0.269 e. The van der Waals surface area contributed by atoms with Crippen LogP contribution in [-0.4, -0.2) is 33.0 Å². The van der Waals surface area contributed by atoms with Gasteiger partial charge in [0.05, 0.1) is 23.3 Å². The van der Waals surface area contributed by atoms with Crippen LogP contribution in [0, 0.1) is 0 Å². The molecular weight excluding hydrogens is 512 g/mol. The summed E-state index contributed by atoms with van der Waals surface area (Å²) in [6.07, 6.45) is 6.31. The van der Waals surface area contributed by atoms with Crippen molar-refractivity contribution in [2.45, 2.75) is 4.90 Å². The Morgan fingerprint density at radius 1 is 0.865 bits per heavy atom. The molecule has 37 heavy (non-hydrogen) atoms. The average molecular weight is 537 g/mol. The predicted octanol–water partition coefficient (Wildman–Crippen LogP) is 4.00. The molecule has 11 heteroatoms. The van der Waals surface area contributed by atoms with Crippen LogP contribution in [0.5, 0.6) is 0 Å². The minimum Gasteiger partial charge on any atom is -0.397 e. The maximum absolute atomic E-state index is 13.6. The number of amides is 1. The Labute approximate surface area is 215 Å². The molecule has 3 aromatic carbocycles. The minimum absolute atomic E-state index is 0.0761. The van der Waals surface area contributed by atoms with Crippen molar-refractivity contribution in [3.05, 3.63) is 103 Å². The van der Waals surface area contributed by atoms with E-state index in [1.807, 2.05) is 30.3 Å². The van der Waals surface area contributed by atoms with E-state index in [0.29, 0.717) is 22.5 Å². The van der Waals surface area contributed by atoms with Crippen LogP contribution in [-0.2, 0) is 24.8 Å². The third-order valence-corrected chi connectivity index (χ3v) is 7.54. The molecule has 1 heterocycles. The molecule has 0 spiro atoms. The van der Waals surface area contributed by atoms with Gasteiger partial charge >= 0.3 is 0 Å². The zero-order valence-corrected chi connectivity index (χ0v) is 21.3. The average Bonchev–Trinajstić information content (AvgIpc) is 3.34. The zero-order chi connectivity index (χ0) is 26.6. The number of rotatable bonds is 8. The Morgan fingerprint density at radius 2 is 1.57 bits per heavy atom. The number of nitrogens with two attached hydrogens (primary N) is 1. The number of anilines is 3. The van der Waals surface area contributed by atoms with Gasteiger partial charge in [0.25, 0.3) is 10.0 Å². The maximum atomic E-state index is 13.6. The van der Waals surface area contributed by atoms with Gasteiger partial charge in [0, 0.05) is 18.5 Å². The molecule has 0 aliphatic carbocycles. The number of aromatic nitrogens is 1. The molecule has 0 atom stereocenters. The first-order valence-corrected chi connectivity index (χ1v) is 14.3. The number of hydrogen-bond donors (Lipinski definition) is 3. The molecule has 4 aromatic rings. The molecule has 9 nitrogen and oxygen atoms in total. The predicted molar refractivity (Wildman–Crippen MR) is 146 cm³/mol. The van der Waals surface area contributed by atoms with Crippen molar-refractivity contribution in [1.29, 1.82) is 0 Å². The molecule has 0 bridgehead atoms. The van der Waals surface area contributed by atoms with Crippen molar-refractivity contribution in [2.24, 2.45) is 0 Å².